The summed E-state index contributed by atoms with van der Waals surface area (Å²) in [7, 11) is 0. The minimum absolute atomic E-state index is 0.328. The number of rotatable bonds is 5. The molecule has 2 unspecified atom stereocenters. The molecule has 1 saturated heterocycles. The van der Waals surface area contributed by atoms with Crippen LogP contribution < -0.4 is 5.73 Å². The predicted octanol–water partition coefficient (Wildman–Crippen LogP) is 4.07. The summed E-state index contributed by atoms with van der Waals surface area (Å²) in [4.78, 5) is 2.59. The maximum atomic E-state index is 6.94. The van der Waals surface area contributed by atoms with Crippen LogP contribution in [0.2, 0.25) is 0 Å². The molecule has 0 aromatic heterocycles. The van der Waals surface area contributed by atoms with Crippen molar-refractivity contribution >= 4 is 0 Å². The van der Waals surface area contributed by atoms with E-state index in [1.807, 2.05) is 0 Å². The summed E-state index contributed by atoms with van der Waals surface area (Å²) >= 11 is 0. The van der Waals surface area contributed by atoms with E-state index in [9.17, 15) is 0 Å². The summed E-state index contributed by atoms with van der Waals surface area (Å²) < 4.78 is 0. The quantitative estimate of drug-likeness (QED) is 0.827. The van der Waals surface area contributed by atoms with Crippen LogP contribution >= 0.6 is 0 Å². The molecule has 2 rings (SSSR count). The van der Waals surface area contributed by atoms with Crippen LogP contribution in [0.1, 0.15) is 51.5 Å². The third kappa shape index (κ3) is 3.96. The molecule has 2 atom stereocenters. The molecule has 0 spiro atoms. The molecule has 0 saturated carbocycles. The maximum Gasteiger partial charge on any atom is 0.0601 e. The molecule has 2 N–H and O–H groups in total. The van der Waals surface area contributed by atoms with E-state index in [0.717, 1.165) is 12.0 Å². The predicted molar refractivity (Wildman–Crippen MR) is 91.2 cm³/mol. The lowest BCUT2D eigenvalue weighted by atomic mass is 9.79. The minimum Gasteiger partial charge on any atom is -0.320 e. The van der Waals surface area contributed by atoms with Gasteiger partial charge in [0, 0.05) is 6.04 Å². The van der Waals surface area contributed by atoms with E-state index in [0.29, 0.717) is 6.04 Å². The Balaban J connectivity index is 2.27. The molecule has 1 aromatic rings. The van der Waals surface area contributed by atoms with Gasteiger partial charge in [0.05, 0.1) is 5.54 Å². The monoisotopic (exact) mass is 286 g/mol. The molecule has 1 aliphatic rings. The van der Waals surface area contributed by atoms with E-state index in [1.165, 1.54) is 44.3 Å². The molecule has 116 valence electrons. The van der Waals surface area contributed by atoms with Crippen molar-refractivity contribution in [2.75, 3.05) is 13.1 Å². The first kappa shape index (κ1) is 16.3. The van der Waals surface area contributed by atoms with Gasteiger partial charge in [-0.05, 0) is 51.8 Å². The summed E-state index contributed by atoms with van der Waals surface area (Å²) in [6, 6.07) is 10.9. The average molecular weight is 286 g/mol. The van der Waals surface area contributed by atoms with Gasteiger partial charge in [0.2, 0.25) is 0 Å². The second-order valence-electron chi connectivity index (χ2n) is 6.67. The van der Waals surface area contributed by atoms with Gasteiger partial charge in [-0.3, -0.25) is 4.90 Å². The molecular formula is C19H30N2. The van der Waals surface area contributed by atoms with Crippen LogP contribution in [-0.2, 0) is 5.54 Å². The second kappa shape index (κ2) is 7.24. The molecular weight excluding hydrogens is 256 g/mol. The van der Waals surface area contributed by atoms with Crippen molar-refractivity contribution < 1.29 is 0 Å². The molecule has 0 aliphatic carbocycles. The summed E-state index contributed by atoms with van der Waals surface area (Å²) in [6.07, 6.45) is 6.14. The van der Waals surface area contributed by atoms with Gasteiger partial charge < -0.3 is 5.73 Å². The van der Waals surface area contributed by atoms with Gasteiger partial charge in [0.15, 0.2) is 0 Å². The first-order valence-electron chi connectivity index (χ1n) is 8.27. The number of hydrogen-bond acceptors (Lipinski definition) is 2. The smallest absolute Gasteiger partial charge is 0.0601 e. The molecule has 2 nitrogen and oxygen atoms in total. The van der Waals surface area contributed by atoms with Crippen LogP contribution in [0.15, 0.2) is 42.5 Å². The van der Waals surface area contributed by atoms with Crippen molar-refractivity contribution in [2.45, 2.75) is 57.5 Å². The van der Waals surface area contributed by atoms with Crippen LogP contribution in [-0.4, -0.2) is 24.0 Å². The van der Waals surface area contributed by atoms with Crippen molar-refractivity contribution in [2.24, 2.45) is 5.73 Å². The first-order valence-corrected chi connectivity index (χ1v) is 8.27. The zero-order valence-electron chi connectivity index (χ0n) is 13.6. The zero-order valence-corrected chi connectivity index (χ0v) is 13.6. The Hall–Kier alpha value is -1.12. The highest BCUT2D eigenvalue weighted by molar-refractivity contribution is 5.28. The van der Waals surface area contributed by atoms with Gasteiger partial charge in [-0.1, -0.05) is 48.7 Å². The van der Waals surface area contributed by atoms with Crippen LogP contribution in [0.4, 0.5) is 0 Å². The van der Waals surface area contributed by atoms with Crippen LogP contribution in [0.5, 0.6) is 0 Å². The fraction of sp³-hybridized carbons (Fsp3) is 0.579. The van der Waals surface area contributed by atoms with Gasteiger partial charge in [-0.25, -0.2) is 0 Å². The summed E-state index contributed by atoms with van der Waals surface area (Å²) in [5.41, 5.74) is 8.98. The van der Waals surface area contributed by atoms with Gasteiger partial charge in [-0.15, -0.1) is 6.58 Å². The third-order valence-electron chi connectivity index (χ3n) is 4.84. The van der Waals surface area contributed by atoms with Crippen molar-refractivity contribution in [3.05, 3.63) is 48.0 Å². The third-order valence-corrected chi connectivity index (χ3v) is 4.84. The number of likely N-dealkylation sites (tertiary alicyclic amines) is 1. The van der Waals surface area contributed by atoms with Gasteiger partial charge in [0.1, 0.15) is 0 Å². The second-order valence-corrected chi connectivity index (χ2v) is 6.67. The molecule has 0 amide bonds. The van der Waals surface area contributed by atoms with Crippen LogP contribution in [0.25, 0.3) is 0 Å². The molecule has 1 fully saturated rings. The van der Waals surface area contributed by atoms with E-state index in [-0.39, 0.29) is 5.54 Å². The van der Waals surface area contributed by atoms with Gasteiger partial charge in [0.25, 0.3) is 0 Å². The lowest BCUT2D eigenvalue weighted by molar-refractivity contribution is 0.134. The zero-order chi connectivity index (χ0) is 15.3. The molecule has 1 aromatic carbocycles. The van der Waals surface area contributed by atoms with Gasteiger partial charge in [-0.2, -0.15) is 0 Å². The molecule has 2 heteroatoms. The largest absolute Gasteiger partial charge is 0.320 e. The summed E-state index contributed by atoms with van der Waals surface area (Å²) in [5, 5.41) is 0. The topological polar surface area (TPSA) is 29.3 Å². The Morgan fingerprint density at radius 2 is 1.76 bits per heavy atom. The van der Waals surface area contributed by atoms with Crippen LogP contribution in [0, 0.1) is 0 Å². The first-order chi connectivity index (χ1) is 10.0. The SMILES string of the molecule is C=C(C)CC(N)(c1ccccc1)C(C)N1CCCCCC1. The molecule has 1 heterocycles. The Morgan fingerprint density at radius 3 is 2.29 bits per heavy atom. The van der Waals surface area contributed by atoms with Crippen molar-refractivity contribution in [1.82, 2.24) is 4.90 Å². The van der Waals surface area contributed by atoms with Gasteiger partial charge >= 0.3 is 0 Å². The lowest BCUT2D eigenvalue weighted by Crippen LogP contribution is -2.55. The maximum absolute atomic E-state index is 6.94. The highest BCUT2D eigenvalue weighted by atomic mass is 15.2. The normalized spacial score (nSPS) is 21.3. The van der Waals surface area contributed by atoms with E-state index in [2.05, 4.69) is 55.7 Å². The Morgan fingerprint density at radius 1 is 1.19 bits per heavy atom. The molecule has 1 aliphatic heterocycles. The van der Waals surface area contributed by atoms with E-state index in [1.54, 1.807) is 0 Å². The highest BCUT2D eigenvalue weighted by Crippen LogP contribution is 2.32. The Bertz CT molecular complexity index is 446. The van der Waals surface area contributed by atoms with E-state index >= 15 is 0 Å². The average Bonchev–Trinajstić information content (AvgIpc) is 2.75. The van der Waals surface area contributed by atoms with Crippen molar-refractivity contribution in [3.63, 3.8) is 0 Å². The highest BCUT2D eigenvalue weighted by Gasteiger charge is 2.37. The number of hydrogen-bond donors (Lipinski definition) is 1. The summed E-state index contributed by atoms with van der Waals surface area (Å²) in [6.45, 7) is 10.8. The fourth-order valence-electron chi connectivity index (χ4n) is 3.55. The Labute approximate surface area is 130 Å². The number of nitrogens with two attached hydrogens (primary N) is 1. The molecule has 21 heavy (non-hydrogen) atoms. The number of benzene rings is 1. The number of nitrogens with zero attached hydrogens (tertiary/aromatic N) is 1. The minimum atomic E-state index is -0.350. The lowest BCUT2D eigenvalue weighted by Gasteiger charge is -2.42. The van der Waals surface area contributed by atoms with Crippen molar-refractivity contribution in [1.29, 1.82) is 0 Å². The fourth-order valence-corrected chi connectivity index (χ4v) is 3.55. The van der Waals surface area contributed by atoms with Crippen LogP contribution in [0.3, 0.4) is 0 Å². The van der Waals surface area contributed by atoms with E-state index < -0.39 is 0 Å². The Kier molecular flexibility index (Phi) is 5.60. The van der Waals surface area contributed by atoms with E-state index in [4.69, 9.17) is 5.73 Å². The molecule has 0 bridgehead atoms. The van der Waals surface area contributed by atoms with Crippen molar-refractivity contribution in [3.8, 4) is 0 Å². The standard InChI is InChI=1S/C19H30N2/c1-16(2)15-19(20,18-11-7-6-8-12-18)17(3)21-13-9-4-5-10-14-21/h6-8,11-12,17H,1,4-5,9-10,13-15,20H2,2-3H3. The molecule has 0 radical (unpaired) electrons. The summed E-state index contributed by atoms with van der Waals surface area (Å²) in [5.74, 6) is 0.